The van der Waals surface area contributed by atoms with Gasteiger partial charge in [-0.2, -0.15) is 0 Å². The fourth-order valence-corrected chi connectivity index (χ4v) is 4.00. The summed E-state index contributed by atoms with van der Waals surface area (Å²) in [6, 6.07) is 14.2. The van der Waals surface area contributed by atoms with Crippen LogP contribution in [0.2, 0.25) is 0 Å². The van der Waals surface area contributed by atoms with E-state index in [1.807, 2.05) is 18.2 Å². The highest BCUT2D eigenvalue weighted by molar-refractivity contribution is 6.03. The fraction of sp³-hybridized carbons (Fsp3) is 0.292. The maximum atomic E-state index is 12.9. The van der Waals surface area contributed by atoms with Crippen LogP contribution in [0.3, 0.4) is 0 Å². The van der Waals surface area contributed by atoms with Gasteiger partial charge in [-0.3, -0.25) is 4.79 Å². The Bertz CT molecular complexity index is 930. The van der Waals surface area contributed by atoms with Crippen molar-refractivity contribution in [2.75, 3.05) is 20.8 Å². The molecule has 0 bridgehead atoms. The van der Waals surface area contributed by atoms with E-state index in [2.05, 4.69) is 47.5 Å². The number of ketones is 1. The van der Waals surface area contributed by atoms with E-state index in [-0.39, 0.29) is 11.7 Å². The number of nitrogens with zero attached hydrogens (tertiary/aromatic N) is 1. The van der Waals surface area contributed by atoms with E-state index in [1.165, 1.54) is 11.1 Å². The summed E-state index contributed by atoms with van der Waals surface area (Å²) in [5.74, 6) is 1.49. The van der Waals surface area contributed by atoms with Crippen LogP contribution >= 0.6 is 0 Å². The van der Waals surface area contributed by atoms with Crippen LogP contribution in [0.25, 0.3) is 0 Å². The van der Waals surface area contributed by atoms with E-state index in [4.69, 9.17) is 9.47 Å². The first-order valence-corrected chi connectivity index (χ1v) is 9.62. The summed E-state index contributed by atoms with van der Waals surface area (Å²) < 4.78 is 10.7. The van der Waals surface area contributed by atoms with Gasteiger partial charge in [-0.05, 0) is 54.0 Å². The number of carbonyl (C=O) groups excluding carboxylic acids is 1. The van der Waals surface area contributed by atoms with Crippen LogP contribution in [0.5, 0.6) is 11.5 Å². The molecule has 0 aromatic heterocycles. The summed E-state index contributed by atoms with van der Waals surface area (Å²) in [6.45, 7) is 1.77. The van der Waals surface area contributed by atoms with Crippen molar-refractivity contribution in [2.24, 2.45) is 5.92 Å². The molecule has 4 nitrogen and oxygen atoms in total. The lowest BCUT2D eigenvalue weighted by Crippen LogP contribution is -2.20. The molecule has 1 atom stereocenters. The van der Waals surface area contributed by atoms with Crippen LogP contribution in [0.1, 0.15) is 27.9 Å². The molecule has 2 aromatic rings. The van der Waals surface area contributed by atoms with Crippen molar-refractivity contribution < 1.29 is 14.3 Å². The molecule has 0 N–H and O–H groups in total. The van der Waals surface area contributed by atoms with Crippen LogP contribution in [-0.2, 0) is 13.0 Å². The predicted molar refractivity (Wildman–Crippen MR) is 110 cm³/mol. The average Bonchev–Trinajstić information content (AvgIpc) is 3.03. The molecule has 0 amide bonds. The van der Waals surface area contributed by atoms with Gasteiger partial charge >= 0.3 is 0 Å². The van der Waals surface area contributed by atoms with E-state index in [0.29, 0.717) is 11.5 Å². The number of allylic oxidation sites excluding steroid dienone is 2. The number of Topliss-reactive ketones (excluding diaryl/α,β-unsaturated/α-hetero) is 1. The second kappa shape index (κ2) is 7.93. The third-order valence-electron chi connectivity index (χ3n) is 5.51. The van der Waals surface area contributed by atoms with Crippen molar-refractivity contribution in [1.29, 1.82) is 0 Å². The van der Waals surface area contributed by atoms with Gasteiger partial charge in [0.2, 0.25) is 0 Å². The van der Waals surface area contributed by atoms with Crippen molar-refractivity contribution >= 4 is 5.78 Å². The molecule has 0 saturated carbocycles. The molecule has 4 heteroatoms. The molecule has 1 aliphatic carbocycles. The zero-order chi connectivity index (χ0) is 19.5. The molecule has 4 rings (SSSR count). The molecule has 0 radical (unpaired) electrons. The summed E-state index contributed by atoms with van der Waals surface area (Å²) >= 11 is 0. The minimum Gasteiger partial charge on any atom is -0.493 e. The monoisotopic (exact) mass is 375 g/mol. The Hall–Kier alpha value is -3.01. The SMILES string of the molecule is COc1cc2c(cc1OC)C(=O)[C@H](CC1=CCN(Cc3ccccc3)C=C1)C2. The lowest BCUT2D eigenvalue weighted by molar-refractivity contribution is 0.0936. The number of benzene rings is 2. The number of fused-ring (bicyclic) bond motifs is 1. The van der Waals surface area contributed by atoms with E-state index in [9.17, 15) is 4.79 Å². The Labute approximate surface area is 166 Å². The first-order chi connectivity index (χ1) is 13.7. The van der Waals surface area contributed by atoms with Gasteiger partial charge in [0.15, 0.2) is 17.3 Å². The molecule has 0 saturated heterocycles. The highest BCUT2D eigenvalue weighted by Crippen LogP contribution is 2.38. The van der Waals surface area contributed by atoms with Crippen LogP contribution < -0.4 is 9.47 Å². The molecule has 2 aliphatic rings. The van der Waals surface area contributed by atoms with E-state index in [0.717, 1.165) is 37.1 Å². The molecule has 2 aromatic carbocycles. The third kappa shape index (κ3) is 3.68. The maximum Gasteiger partial charge on any atom is 0.167 e. The fourth-order valence-electron chi connectivity index (χ4n) is 4.00. The second-order valence-corrected chi connectivity index (χ2v) is 7.34. The quantitative estimate of drug-likeness (QED) is 0.750. The number of hydrogen-bond donors (Lipinski definition) is 0. The second-order valence-electron chi connectivity index (χ2n) is 7.34. The normalized spacial score (nSPS) is 18.1. The number of rotatable bonds is 6. The van der Waals surface area contributed by atoms with Crippen molar-refractivity contribution in [3.8, 4) is 11.5 Å². The molecular formula is C24H25NO3. The number of hydrogen-bond acceptors (Lipinski definition) is 4. The maximum absolute atomic E-state index is 12.9. The van der Waals surface area contributed by atoms with Crippen molar-refractivity contribution in [1.82, 2.24) is 4.90 Å². The number of carbonyl (C=O) groups is 1. The summed E-state index contributed by atoms with van der Waals surface area (Å²) in [7, 11) is 3.22. The highest BCUT2D eigenvalue weighted by atomic mass is 16.5. The Morgan fingerprint density at radius 2 is 1.82 bits per heavy atom. The van der Waals surface area contributed by atoms with E-state index in [1.54, 1.807) is 14.2 Å². The molecule has 0 spiro atoms. The average molecular weight is 375 g/mol. The van der Waals surface area contributed by atoms with E-state index < -0.39 is 0 Å². The minimum atomic E-state index is -0.0108. The standard InChI is InChI=1S/C24H25NO3/c1-27-22-14-19-13-20(24(26)21(19)15-23(22)28-2)12-17-8-10-25(11-9-17)16-18-6-4-3-5-7-18/h3-10,14-15,20H,11-13,16H2,1-2H3/t20-/m1/s1. The van der Waals surface area contributed by atoms with Crippen molar-refractivity contribution in [2.45, 2.75) is 19.4 Å². The topological polar surface area (TPSA) is 38.8 Å². The zero-order valence-electron chi connectivity index (χ0n) is 16.4. The molecular weight excluding hydrogens is 350 g/mol. The Balaban J connectivity index is 1.40. The summed E-state index contributed by atoms with van der Waals surface area (Å²) in [4.78, 5) is 15.2. The highest BCUT2D eigenvalue weighted by Gasteiger charge is 2.32. The molecule has 28 heavy (non-hydrogen) atoms. The summed E-state index contributed by atoms with van der Waals surface area (Å²) in [6.07, 6.45) is 8.05. The first-order valence-electron chi connectivity index (χ1n) is 9.62. The molecule has 1 heterocycles. The zero-order valence-corrected chi connectivity index (χ0v) is 16.4. The van der Waals surface area contributed by atoms with Gasteiger partial charge in [0.25, 0.3) is 0 Å². The largest absolute Gasteiger partial charge is 0.493 e. The lowest BCUT2D eigenvalue weighted by Gasteiger charge is -2.23. The Kier molecular flexibility index (Phi) is 5.20. The van der Waals surface area contributed by atoms with Crippen molar-refractivity contribution in [3.05, 3.63) is 83.1 Å². The van der Waals surface area contributed by atoms with Crippen LogP contribution in [0.4, 0.5) is 0 Å². The van der Waals surface area contributed by atoms with E-state index >= 15 is 0 Å². The van der Waals surface area contributed by atoms with Gasteiger partial charge in [-0.25, -0.2) is 0 Å². The lowest BCUT2D eigenvalue weighted by atomic mass is 9.94. The Morgan fingerprint density at radius 3 is 2.50 bits per heavy atom. The van der Waals surface area contributed by atoms with Gasteiger partial charge in [0, 0.05) is 24.6 Å². The first kappa shape index (κ1) is 18.4. The predicted octanol–water partition coefficient (Wildman–Crippen LogP) is 4.40. The van der Waals surface area contributed by atoms with Gasteiger partial charge in [0.1, 0.15) is 0 Å². The van der Waals surface area contributed by atoms with Crippen molar-refractivity contribution in [3.63, 3.8) is 0 Å². The third-order valence-corrected chi connectivity index (χ3v) is 5.51. The summed E-state index contributed by atoms with van der Waals surface area (Å²) in [5.41, 5.74) is 4.36. The molecule has 0 unspecified atom stereocenters. The van der Waals surface area contributed by atoms with Gasteiger partial charge in [-0.1, -0.05) is 36.4 Å². The number of ether oxygens (including phenoxy) is 2. The van der Waals surface area contributed by atoms with Gasteiger partial charge < -0.3 is 14.4 Å². The minimum absolute atomic E-state index is 0.0108. The van der Waals surface area contributed by atoms with Crippen LogP contribution in [-0.4, -0.2) is 31.4 Å². The Morgan fingerprint density at radius 1 is 1.07 bits per heavy atom. The molecule has 144 valence electrons. The van der Waals surface area contributed by atoms with Gasteiger partial charge in [0.05, 0.1) is 14.2 Å². The smallest absolute Gasteiger partial charge is 0.167 e. The molecule has 0 fully saturated rings. The molecule has 1 aliphatic heterocycles. The van der Waals surface area contributed by atoms with Crippen LogP contribution in [0, 0.1) is 5.92 Å². The van der Waals surface area contributed by atoms with Gasteiger partial charge in [-0.15, -0.1) is 0 Å². The van der Waals surface area contributed by atoms with Crippen LogP contribution in [0.15, 0.2) is 66.4 Å². The number of methoxy groups -OCH3 is 2. The summed E-state index contributed by atoms with van der Waals surface area (Å²) in [5, 5.41) is 0.